The summed E-state index contributed by atoms with van der Waals surface area (Å²) in [5, 5.41) is 6.94. The van der Waals surface area contributed by atoms with E-state index in [1.165, 1.54) is 15.3 Å². The normalized spacial score (nSPS) is 18.8. The van der Waals surface area contributed by atoms with Crippen LogP contribution in [0.1, 0.15) is 22.2 Å². The van der Waals surface area contributed by atoms with Gasteiger partial charge in [-0.3, -0.25) is 5.01 Å². The molecule has 4 heteroatoms. The average molecular weight is 251 g/mol. The van der Waals surface area contributed by atoms with Crippen molar-refractivity contribution >= 4 is 17.0 Å². The van der Waals surface area contributed by atoms with Gasteiger partial charge in [0.05, 0.1) is 5.71 Å². The minimum Gasteiger partial charge on any atom is -0.303 e. The minimum absolute atomic E-state index is 1.04. The number of likely N-dealkylation sites (N-methyl/N-ethyl adjacent to an activating group) is 1. The van der Waals surface area contributed by atoms with E-state index < -0.39 is 0 Å². The van der Waals surface area contributed by atoms with Gasteiger partial charge in [-0.05, 0) is 33.9 Å². The topological polar surface area (TPSA) is 18.8 Å². The van der Waals surface area contributed by atoms with E-state index in [0.29, 0.717) is 0 Å². The van der Waals surface area contributed by atoms with Crippen molar-refractivity contribution in [3.8, 4) is 0 Å². The zero-order valence-corrected chi connectivity index (χ0v) is 12.0. The summed E-state index contributed by atoms with van der Waals surface area (Å²) in [6, 6.07) is 2.24. The van der Waals surface area contributed by atoms with Gasteiger partial charge in [0.15, 0.2) is 0 Å². The van der Waals surface area contributed by atoms with Crippen LogP contribution in [0.15, 0.2) is 11.2 Å². The van der Waals surface area contributed by atoms with Gasteiger partial charge in [0, 0.05) is 41.5 Å². The molecule has 1 aromatic heterocycles. The Morgan fingerprint density at radius 1 is 1.24 bits per heavy atom. The van der Waals surface area contributed by atoms with Gasteiger partial charge in [-0.1, -0.05) is 0 Å². The SMILES string of the molecule is C/C(=N\N1CCN(C)CC1)c1cc(C)sc1C. The predicted octanol–water partition coefficient (Wildman–Crippen LogP) is 2.34. The van der Waals surface area contributed by atoms with Crippen molar-refractivity contribution < 1.29 is 0 Å². The van der Waals surface area contributed by atoms with E-state index in [-0.39, 0.29) is 0 Å². The van der Waals surface area contributed by atoms with Gasteiger partial charge in [-0.2, -0.15) is 5.10 Å². The van der Waals surface area contributed by atoms with E-state index >= 15 is 0 Å². The van der Waals surface area contributed by atoms with Crippen molar-refractivity contribution in [3.63, 3.8) is 0 Å². The van der Waals surface area contributed by atoms with E-state index in [2.05, 4.69) is 43.8 Å². The van der Waals surface area contributed by atoms with Gasteiger partial charge in [0.2, 0.25) is 0 Å². The van der Waals surface area contributed by atoms with Crippen LogP contribution in [0, 0.1) is 13.8 Å². The van der Waals surface area contributed by atoms with E-state index in [1.807, 2.05) is 11.3 Å². The number of thiophene rings is 1. The highest BCUT2D eigenvalue weighted by atomic mass is 32.1. The first kappa shape index (κ1) is 12.6. The van der Waals surface area contributed by atoms with Crippen LogP contribution >= 0.6 is 11.3 Å². The maximum Gasteiger partial charge on any atom is 0.0657 e. The van der Waals surface area contributed by atoms with Crippen LogP contribution in [0.25, 0.3) is 0 Å². The molecule has 3 nitrogen and oxygen atoms in total. The molecule has 0 N–H and O–H groups in total. The molecule has 0 bridgehead atoms. The van der Waals surface area contributed by atoms with Crippen LogP contribution in [0.4, 0.5) is 0 Å². The largest absolute Gasteiger partial charge is 0.303 e. The van der Waals surface area contributed by atoms with Crippen molar-refractivity contribution in [1.82, 2.24) is 9.91 Å². The third-order valence-electron chi connectivity index (χ3n) is 3.20. The molecule has 0 unspecified atom stereocenters. The molecule has 0 aliphatic carbocycles. The Labute approximate surface area is 108 Å². The molecule has 17 heavy (non-hydrogen) atoms. The van der Waals surface area contributed by atoms with Gasteiger partial charge in [-0.25, -0.2) is 0 Å². The zero-order valence-electron chi connectivity index (χ0n) is 11.2. The number of aryl methyl sites for hydroxylation is 2. The average Bonchev–Trinajstić information content (AvgIpc) is 2.61. The molecule has 1 aromatic rings. The molecule has 0 radical (unpaired) electrons. The quantitative estimate of drug-likeness (QED) is 0.751. The fourth-order valence-electron chi connectivity index (χ4n) is 2.15. The van der Waals surface area contributed by atoms with Crippen LogP contribution in [0.2, 0.25) is 0 Å². The molecule has 0 aromatic carbocycles. The Kier molecular flexibility index (Phi) is 3.84. The second-order valence-corrected chi connectivity index (χ2v) is 6.23. The fourth-order valence-corrected chi connectivity index (χ4v) is 3.13. The zero-order chi connectivity index (χ0) is 12.4. The molecule has 2 rings (SSSR count). The third-order valence-corrected chi connectivity index (χ3v) is 4.17. The maximum atomic E-state index is 4.74. The molecule has 1 aliphatic heterocycles. The van der Waals surface area contributed by atoms with Gasteiger partial charge >= 0.3 is 0 Å². The van der Waals surface area contributed by atoms with Crippen molar-refractivity contribution in [3.05, 3.63) is 21.4 Å². The number of hydrazone groups is 1. The van der Waals surface area contributed by atoms with Crippen molar-refractivity contribution in [2.75, 3.05) is 33.2 Å². The van der Waals surface area contributed by atoms with Crippen LogP contribution < -0.4 is 0 Å². The summed E-state index contributed by atoms with van der Waals surface area (Å²) in [6.45, 7) is 10.7. The summed E-state index contributed by atoms with van der Waals surface area (Å²) in [6.07, 6.45) is 0. The first-order valence-electron chi connectivity index (χ1n) is 6.12. The minimum atomic E-state index is 1.04. The number of piperazine rings is 1. The number of nitrogens with zero attached hydrogens (tertiary/aromatic N) is 3. The van der Waals surface area contributed by atoms with Gasteiger partial charge in [0.25, 0.3) is 0 Å². The second-order valence-electron chi connectivity index (χ2n) is 4.77. The van der Waals surface area contributed by atoms with E-state index in [1.54, 1.807) is 0 Å². The van der Waals surface area contributed by atoms with E-state index in [4.69, 9.17) is 5.10 Å². The first-order chi connectivity index (χ1) is 8.06. The highest BCUT2D eigenvalue weighted by Crippen LogP contribution is 2.21. The van der Waals surface area contributed by atoms with Gasteiger partial charge < -0.3 is 4.90 Å². The Morgan fingerprint density at radius 3 is 2.41 bits per heavy atom. The fraction of sp³-hybridized carbons (Fsp3) is 0.615. The van der Waals surface area contributed by atoms with Crippen LogP contribution in [-0.2, 0) is 0 Å². The lowest BCUT2D eigenvalue weighted by Gasteiger charge is -2.30. The Bertz CT molecular complexity index is 414. The lowest BCUT2D eigenvalue weighted by atomic mass is 10.2. The number of rotatable bonds is 2. The van der Waals surface area contributed by atoms with Gasteiger partial charge in [0.1, 0.15) is 0 Å². The molecule has 1 aliphatic rings. The summed E-state index contributed by atoms with van der Waals surface area (Å²) in [4.78, 5) is 5.09. The molecule has 0 saturated carbocycles. The molecule has 2 heterocycles. The summed E-state index contributed by atoms with van der Waals surface area (Å²) in [5.41, 5.74) is 2.46. The molecule has 0 atom stereocenters. The smallest absolute Gasteiger partial charge is 0.0657 e. The lowest BCUT2D eigenvalue weighted by Crippen LogP contribution is -2.42. The van der Waals surface area contributed by atoms with Crippen molar-refractivity contribution in [2.45, 2.75) is 20.8 Å². The first-order valence-corrected chi connectivity index (χ1v) is 6.94. The van der Waals surface area contributed by atoms with Crippen molar-refractivity contribution in [2.24, 2.45) is 5.10 Å². The van der Waals surface area contributed by atoms with Crippen LogP contribution in [-0.4, -0.2) is 48.8 Å². The van der Waals surface area contributed by atoms with E-state index in [0.717, 1.165) is 31.9 Å². The maximum absolute atomic E-state index is 4.74. The Balaban J connectivity index is 2.09. The number of hydrogen-bond donors (Lipinski definition) is 0. The lowest BCUT2D eigenvalue weighted by molar-refractivity contribution is 0.159. The Morgan fingerprint density at radius 2 is 1.88 bits per heavy atom. The molecule has 1 fully saturated rings. The predicted molar refractivity (Wildman–Crippen MR) is 75.1 cm³/mol. The van der Waals surface area contributed by atoms with Crippen molar-refractivity contribution in [1.29, 1.82) is 0 Å². The van der Waals surface area contributed by atoms with Crippen LogP contribution in [0.3, 0.4) is 0 Å². The summed E-state index contributed by atoms with van der Waals surface area (Å²) in [5.74, 6) is 0. The number of hydrogen-bond acceptors (Lipinski definition) is 4. The molecular weight excluding hydrogens is 230 g/mol. The summed E-state index contributed by atoms with van der Waals surface area (Å²) in [7, 11) is 2.17. The molecule has 0 spiro atoms. The van der Waals surface area contributed by atoms with Gasteiger partial charge in [-0.15, -0.1) is 11.3 Å². The van der Waals surface area contributed by atoms with Crippen LogP contribution in [0.5, 0.6) is 0 Å². The summed E-state index contributed by atoms with van der Waals surface area (Å²) < 4.78 is 0. The molecule has 94 valence electrons. The third kappa shape index (κ3) is 3.07. The molecular formula is C13H21N3S. The molecule has 0 amide bonds. The highest BCUT2D eigenvalue weighted by Gasteiger charge is 2.13. The summed E-state index contributed by atoms with van der Waals surface area (Å²) >= 11 is 1.85. The Hall–Kier alpha value is -0.870. The molecule has 1 saturated heterocycles. The standard InChI is InChI=1S/C13H21N3S/c1-10-9-13(12(3)17-10)11(2)14-16-7-5-15(4)6-8-16/h9H,5-8H2,1-4H3/b14-11+. The van der Waals surface area contributed by atoms with E-state index in [9.17, 15) is 0 Å². The second kappa shape index (κ2) is 5.19. The highest BCUT2D eigenvalue weighted by molar-refractivity contribution is 7.12. The monoisotopic (exact) mass is 251 g/mol.